The highest BCUT2D eigenvalue weighted by Crippen LogP contribution is 2.27. The standard InChI is InChI=1S/C10H9Cl2N3O/c1-16-9-4-2-3-8(11)7(9)5-15-6-13-14-10(15)12/h2-4,6H,5H2,1H3. The predicted octanol–water partition coefficient (Wildman–Crippen LogP) is 2.64. The lowest BCUT2D eigenvalue weighted by Crippen LogP contribution is -2.01. The van der Waals surface area contributed by atoms with Crippen molar-refractivity contribution in [3.8, 4) is 5.75 Å². The number of nitrogens with zero attached hydrogens (tertiary/aromatic N) is 3. The molecule has 84 valence electrons. The number of rotatable bonds is 3. The normalized spacial score (nSPS) is 10.4. The topological polar surface area (TPSA) is 39.9 Å². The Balaban J connectivity index is 2.37. The number of methoxy groups -OCH3 is 1. The maximum atomic E-state index is 6.10. The number of hydrogen-bond acceptors (Lipinski definition) is 3. The van der Waals surface area contributed by atoms with E-state index in [2.05, 4.69) is 10.2 Å². The van der Waals surface area contributed by atoms with E-state index < -0.39 is 0 Å². The first kappa shape index (κ1) is 11.2. The first-order chi connectivity index (χ1) is 7.72. The lowest BCUT2D eigenvalue weighted by Gasteiger charge is -2.10. The monoisotopic (exact) mass is 257 g/mol. The average molecular weight is 258 g/mol. The van der Waals surface area contributed by atoms with Crippen molar-refractivity contribution in [1.29, 1.82) is 0 Å². The summed E-state index contributed by atoms with van der Waals surface area (Å²) in [6, 6.07) is 5.48. The van der Waals surface area contributed by atoms with E-state index in [0.29, 0.717) is 16.9 Å². The highest BCUT2D eigenvalue weighted by Gasteiger charge is 2.10. The van der Waals surface area contributed by atoms with Crippen LogP contribution < -0.4 is 4.74 Å². The third-order valence-corrected chi connectivity index (χ3v) is 2.84. The van der Waals surface area contributed by atoms with Gasteiger partial charge in [0.05, 0.1) is 13.7 Å². The molecule has 0 N–H and O–H groups in total. The van der Waals surface area contributed by atoms with Crippen LogP contribution in [0.4, 0.5) is 0 Å². The number of benzene rings is 1. The van der Waals surface area contributed by atoms with Crippen molar-refractivity contribution < 1.29 is 4.74 Å². The first-order valence-electron chi connectivity index (χ1n) is 4.57. The Labute approximate surface area is 103 Å². The fraction of sp³-hybridized carbons (Fsp3) is 0.200. The van der Waals surface area contributed by atoms with Crippen LogP contribution in [-0.2, 0) is 6.54 Å². The van der Waals surface area contributed by atoms with Crippen LogP contribution in [0, 0.1) is 0 Å². The Hall–Kier alpha value is -1.26. The van der Waals surface area contributed by atoms with E-state index in [1.807, 2.05) is 12.1 Å². The summed E-state index contributed by atoms with van der Waals surface area (Å²) in [5.41, 5.74) is 0.855. The van der Waals surface area contributed by atoms with Gasteiger partial charge in [0.25, 0.3) is 0 Å². The molecule has 2 rings (SSSR count). The van der Waals surface area contributed by atoms with Crippen LogP contribution in [0.25, 0.3) is 0 Å². The fourth-order valence-electron chi connectivity index (χ4n) is 1.40. The average Bonchev–Trinajstić information content (AvgIpc) is 2.67. The van der Waals surface area contributed by atoms with Gasteiger partial charge in [-0.2, -0.15) is 0 Å². The van der Waals surface area contributed by atoms with Gasteiger partial charge in [-0.3, -0.25) is 4.57 Å². The van der Waals surface area contributed by atoms with Crippen molar-refractivity contribution in [2.45, 2.75) is 6.54 Å². The molecular formula is C10H9Cl2N3O. The van der Waals surface area contributed by atoms with Crippen LogP contribution in [0.5, 0.6) is 5.75 Å². The molecule has 0 amide bonds. The van der Waals surface area contributed by atoms with Crippen molar-refractivity contribution in [3.63, 3.8) is 0 Å². The van der Waals surface area contributed by atoms with Gasteiger partial charge in [0.15, 0.2) is 0 Å². The molecule has 0 radical (unpaired) electrons. The predicted molar refractivity (Wildman–Crippen MR) is 62.1 cm³/mol. The molecule has 0 fully saturated rings. The van der Waals surface area contributed by atoms with Crippen molar-refractivity contribution in [3.05, 3.63) is 40.4 Å². The molecule has 0 aliphatic heterocycles. The van der Waals surface area contributed by atoms with Crippen molar-refractivity contribution in [2.24, 2.45) is 0 Å². The third-order valence-electron chi connectivity index (χ3n) is 2.19. The van der Waals surface area contributed by atoms with Crippen molar-refractivity contribution in [2.75, 3.05) is 7.11 Å². The Morgan fingerprint density at radius 2 is 2.19 bits per heavy atom. The Bertz CT molecular complexity index is 499. The molecule has 0 aliphatic carbocycles. The molecule has 16 heavy (non-hydrogen) atoms. The molecular weight excluding hydrogens is 249 g/mol. The number of halogens is 2. The van der Waals surface area contributed by atoms with Gasteiger partial charge in [0, 0.05) is 10.6 Å². The Kier molecular flexibility index (Phi) is 3.31. The van der Waals surface area contributed by atoms with Gasteiger partial charge in [-0.1, -0.05) is 17.7 Å². The van der Waals surface area contributed by atoms with Gasteiger partial charge in [-0.15, -0.1) is 10.2 Å². The fourth-order valence-corrected chi connectivity index (χ4v) is 1.77. The maximum Gasteiger partial charge on any atom is 0.225 e. The number of hydrogen-bond donors (Lipinski definition) is 0. The van der Waals surface area contributed by atoms with Crippen LogP contribution in [0.15, 0.2) is 24.5 Å². The van der Waals surface area contributed by atoms with E-state index >= 15 is 0 Å². The summed E-state index contributed by atoms with van der Waals surface area (Å²) in [5.74, 6) is 0.720. The van der Waals surface area contributed by atoms with E-state index in [1.165, 1.54) is 0 Å². The SMILES string of the molecule is COc1cccc(Cl)c1Cn1cnnc1Cl. The molecule has 0 aliphatic rings. The summed E-state index contributed by atoms with van der Waals surface area (Å²) in [4.78, 5) is 0. The third kappa shape index (κ3) is 2.13. The van der Waals surface area contributed by atoms with Gasteiger partial charge in [-0.05, 0) is 23.7 Å². The van der Waals surface area contributed by atoms with Gasteiger partial charge in [0.1, 0.15) is 12.1 Å². The van der Waals surface area contributed by atoms with Crippen LogP contribution in [-0.4, -0.2) is 21.9 Å². The molecule has 2 aromatic rings. The minimum atomic E-state index is 0.321. The second-order valence-corrected chi connectivity index (χ2v) is 3.89. The summed E-state index contributed by atoms with van der Waals surface area (Å²) < 4.78 is 6.92. The molecule has 0 saturated heterocycles. The molecule has 1 aromatic heterocycles. The molecule has 0 unspecified atom stereocenters. The largest absolute Gasteiger partial charge is 0.496 e. The second-order valence-electron chi connectivity index (χ2n) is 3.15. The summed E-state index contributed by atoms with van der Waals surface area (Å²) in [7, 11) is 1.60. The smallest absolute Gasteiger partial charge is 0.225 e. The molecule has 0 atom stereocenters. The zero-order valence-corrected chi connectivity index (χ0v) is 10.0. The van der Waals surface area contributed by atoms with Crippen LogP contribution in [0.2, 0.25) is 10.3 Å². The number of aromatic nitrogens is 3. The molecule has 1 aromatic carbocycles. The van der Waals surface area contributed by atoms with Gasteiger partial charge < -0.3 is 4.74 Å². The highest BCUT2D eigenvalue weighted by atomic mass is 35.5. The lowest BCUT2D eigenvalue weighted by molar-refractivity contribution is 0.408. The highest BCUT2D eigenvalue weighted by molar-refractivity contribution is 6.31. The van der Waals surface area contributed by atoms with Gasteiger partial charge in [-0.25, -0.2) is 0 Å². The quantitative estimate of drug-likeness (QED) is 0.849. The van der Waals surface area contributed by atoms with Crippen molar-refractivity contribution >= 4 is 23.2 Å². The van der Waals surface area contributed by atoms with E-state index in [4.69, 9.17) is 27.9 Å². The molecule has 0 bridgehead atoms. The molecule has 4 nitrogen and oxygen atoms in total. The van der Waals surface area contributed by atoms with E-state index in [-0.39, 0.29) is 0 Å². The summed E-state index contributed by atoms with van der Waals surface area (Å²) in [6.07, 6.45) is 1.55. The molecule has 0 saturated carbocycles. The minimum absolute atomic E-state index is 0.321. The van der Waals surface area contributed by atoms with Crippen molar-refractivity contribution in [1.82, 2.24) is 14.8 Å². The van der Waals surface area contributed by atoms with Gasteiger partial charge >= 0.3 is 0 Å². The van der Waals surface area contributed by atoms with Gasteiger partial charge in [0.2, 0.25) is 5.28 Å². The second kappa shape index (κ2) is 4.72. The lowest BCUT2D eigenvalue weighted by atomic mass is 10.2. The number of ether oxygens (including phenoxy) is 1. The summed E-state index contributed by atoms with van der Waals surface area (Å²) >= 11 is 11.9. The van der Waals surface area contributed by atoms with Crippen LogP contribution in [0.3, 0.4) is 0 Å². The van der Waals surface area contributed by atoms with Crippen LogP contribution in [0.1, 0.15) is 5.56 Å². The zero-order chi connectivity index (χ0) is 11.5. The maximum absolute atomic E-state index is 6.10. The summed E-state index contributed by atoms with van der Waals surface area (Å²) in [5, 5.41) is 8.34. The zero-order valence-electron chi connectivity index (χ0n) is 8.52. The Morgan fingerprint density at radius 3 is 2.81 bits per heavy atom. The molecule has 6 heteroatoms. The summed E-state index contributed by atoms with van der Waals surface area (Å²) in [6.45, 7) is 0.481. The van der Waals surface area contributed by atoms with E-state index in [9.17, 15) is 0 Å². The molecule has 1 heterocycles. The van der Waals surface area contributed by atoms with Crippen LogP contribution >= 0.6 is 23.2 Å². The van der Waals surface area contributed by atoms with E-state index in [1.54, 1.807) is 24.1 Å². The Morgan fingerprint density at radius 1 is 1.38 bits per heavy atom. The minimum Gasteiger partial charge on any atom is -0.496 e. The molecule has 0 spiro atoms. The first-order valence-corrected chi connectivity index (χ1v) is 5.32. The van der Waals surface area contributed by atoms with E-state index in [0.717, 1.165) is 11.3 Å².